The van der Waals surface area contributed by atoms with E-state index in [1.165, 1.54) is 0 Å². The summed E-state index contributed by atoms with van der Waals surface area (Å²) in [6.45, 7) is 6.95. The van der Waals surface area contributed by atoms with Gasteiger partial charge in [0.05, 0.1) is 5.69 Å². The van der Waals surface area contributed by atoms with E-state index >= 15 is 0 Å². The molecule has 0 radical (unpaired) electrons. The van der Waals surface area contributed by atoms with Crippen LogP contribution in [-0.2, 0) is 4.79 Å². The van der Waals surface area contributed by atoms with Gasteiger partial charge in [0.1, 0.15) is 5.75 Å². The molecule has 1 fully saturated rings. The van der Waals surface area contributed by atoms with Crippen LogP contribution < -0.4 is 5.32 Å². The molecule has 0 unspecified atom stereocenters. The van der Waals surface area contributed by atoms with Crippen LogP contribution in [0.4, 0.5) is 5.95 Å². The maximum absolute atomic E-state index is 11.6. The van der Waals surface area contributed by atoms with Crippen LogP contribution in [-0.4, -0.2) is 54.6 Å². The molecule has 1 atom stereocenters. The lowest BCUT2D eigenvalue weighted by Crippen LogP contribution is -2.44. The predicted octanol–water partition coefficient (Wildman–Crippen LogP) is 2.54. The van der Waals surface area contributed by atoms with Crippen LogP contribution in [0.2, 0.25) is 0 Å². The van der Waals surface area contributed by atoms with E-state index in [0.717, 1.165) is 30.5 Å². The normalized spacial score (nSPS) is 17.1. The van der Waals surface area contributed by atoms with E-state index in [4.69, 9.17) is 0 Å². The number of nitrogens with zero attached hydrogens (tertiary/aromatic N) is 5. The average Bonchev–Trinajstić information content (AvgIpc) is 3.02. The molecule has 1 aromatic carbocycles. The number of nitrogens with one attached hydrogen (secondary N) is 1. The van der Waals surface area contributed by atoms with Gasteiger partial charge in [0, 0.05) is 37.8 Å². The molecular weight excluding hydrogens is 356 g/mol. The smallest absolute Gasteiger partial charge is 0.254 e. The van der Waals surface area contributed by atoms with E-state index in [9.17, 15) is 9.90 Å². The fourth-order valence-electron chi connectivity index (χ4n) is 3.82. The number of phenolic OH excluding ortho intramolecular Hbond substituents is 1. The largest absolute Gasteiger partial charge is 0.507 e. The fraction of sp³-hybridized carbons (Fsp3) is 0.400. The third-order valence-corrected chi connectivity index (χ3v) is 5.12. The molecule has 146 valence electrons. The van der Waals surface area contributed by atoms with Gasteiger partial charge in [0.2, 0.25) is 11.9 Å². The van der Waals surface area contributed by atoms with Gasteiger partial charge in [-0.2, -0.15) is 4.98 Å². The van der Waals surface area contributed by atoms with Gasteiger partial charge in [0.25, 0.3) is 5.78 Å². The highest BCUT2D eigenvalue weighted by atomic mass is 16.3. The number of amides is 1. The summed E-state index contributed by atoms with van der Waals surface area (Å²) >= 11 is 0. The van der Waals surface area contributed by atoms with Gasteiger partial charge in [-0.1, -0.05) is 6.07 Å². The van der Waals surface area contributed by atoms with Crippen LogP contribution in [0.1, 0.15) is 30.9 Å². The SMILES string of the molecule is CC(=O)N1CCC[C@@H](Nc2nc3nc(-c4c(C)cc(C)cc4O)ccn3n2)C1. The number of carbonyl (C=O) groups excluding carboxylic acids is 1. The maximum Gasteiger partial charge on any atom is 0.254 e. The summed E-state index contributed by atoms with van der Waals surface area (Å²) in [4.78, 5) is 22.5. The van der Waals surface area contributed by atoms with Crippen molar-refractivity contribution in [1.29, 1.82) is 0 Å². The fourth-order valence-corrected chi connectivity index (χ4v) is 3.82. The highest BCUT2D eigenvalue weighted by Crippen LogP contribution is 2.32. The zero-order valence-corrected chi connectivity index (χ0v) is 16.3. The van der Waals surface area contributed by atoms with Gasteiger partial charge in [-0.05, 0) is 49.9 Å². The van der Waals surface area contributed by atoms with Crippen LogP contribution in [0.15, 0.2) is 24.4 Å². The third-order valence-electron chi connectivity index (χ3n) is 5.12. The summed E-state index contributed by atoms with van der Waals surface area (Å²) < 4.78 is 1.61. The molecular formula is C20H24N6O2. The molecule has 1 saturated heterocycles. The highest BCUT2D eigenvalue weighted by molar-refractivity contribution is 5.73. The van der Waals surface area contributed by atoms with Crippen molar-refractivity contribution in [1.82, 2.24) is 24.5 Å². The van der Waals surface area contributed by atoms with Crippen molar-refractivity contribution in [3.63, 3.8) is 0 Å². The van der Waals surface area contributed by atoms with E-state index < -0.39 is 0 Å². The maximum atomic E-state index is 11.6. The molecule has 0 saturated carbocycles. The Labute approximate surface area is 163 Å². The lowest BCUT2D eigenvalue weighted by molar-refractivity contribution is -0.129. The Kier molecular flexibility index (Phi) is 4.62. The summed E-state index contributed by atoms with van der Waals surface area (Å²) in [6, 6.07) is 5.69. The highest BCUT2D eigenvalue weighted by Gasteiger charge is 2.22. The Morgan fingerprint density at radius 2 is 2.11 bits per heavy atom. The Hall–Kier alpha value is -3.16. The number of hydrogen-bond donors (Lipinski definition) is 2. The monoisotopic (exact) mass is 380 g/mol. The number of piperidine rings is 1. The van der Waals surface area contributed by atoms with E-state index in [1.54, 1.807) is 23.7 Å². The molecule has 3 heterocycles. The van der Waals surface area contributed by atoms with Crippen molar-refractivity contribution >= 4 is 17.6 Å². The Morgan fingerprint density at radius 3 is 2.86 bits per heavy atom. The van der Waals surface area contributed by atoms with Gasteiger partial charge in [-0.25, -0.2) is 9.50 Å². The summed E-state index contributed by atoms with van der Waals surface area (Å²) in [7, 11) is 0. The van der Waals surface area contributed by atoms with E-state index in [2.05, 4.69) is 20.4 Å². The first-order chi connectivity index (χ1) is 13.4. The second kappa shape index (κ2) is 7.10. The van der Waals surface area contributed by atoms with E-state index in [-0.39, 0.29) is 17.7 Å². The lowest BCUT2D eigenvalue weighted by Gasteiger charge is -2.32. The van der Waals surface area contributed by atoms with Crippen molar-refractivity contribution < 1.29 is 9.90 Å². The first-order valence-electron chi connectivity index (χ1n) is 9.47. The van der Waals surface area contributed by atoms with Crippen molar-refractivity contribution in [2.75, 3.05) is 18.4 Å². The van der Waals surface area contributed by atoms with Crippen LogP contribution in [0.5, 0.6) is 5.75 Å². The van der Waals surface area contributed by atoms with Crippen molar-refractivity contribution in [2.24, 2.45) is 0 Å². The van der Waals surface area contributed by atoms with Crippen molar-refractivity contribution in [3.8, 4) is 17.0 Å². The molecule has 4 rings (SSSR count). The van der Waals surface area contributed by atoms with Crippen molar-refractivity contribution in [3.05, 3.63) is 35.5 Å². The number of carbonyl (C=O) groups is 1. The molecule has 1 aliphatic heterocycles. The summed E-state index contributed by atoms with van der Waals surface area (Å²) in [6.07, 6.45) is 3.71. The summed E-state index contributed by atoms with van der Waals surface area (Å²) in [5, 5.41) is 18.1. The van der Waals surface area contributed by atoms with E-state index in [0.29, 0.717) is 29.5 Å². The number of phenols is 1. The summed E-state index contributed by atoms with van der Waals surface area (Å²) in [5.41, 5.74) is 3.32. The lowest BCUT2D eigenvalue weighted by atomic mass is 10.0. The molecule has 8 nitrogen and oxygen atoms in total. The van der Waals surface area contributed by atoms with Crippen LogP contribution in [0.3, 0.4) is 0 Å². The zero-order valence-electron chi connectivity index (χ0n) is 16.3. The van der Waals surface area contributed by atoms with E-state index in [1.807, 2.05) is 30.9 Å². The van der Waals surface area contributed by atoms with Crippen LogP contribution in [0.25, 0.3) is 17.0 Å². The van der Waals surface area contributed by atoms with Gasteiger partial charge >= 0.3 is 0 Å². The van der Waals surface area contributed by atoms with Gasteiger partial charge in [-0.3, -0.25) is 4.79 Å². The number of anilines is 1. The van der Waals surface area contributed by atoms with Gasteiger partial charge in [-0.15, -0.1) is 5.10 Å². The molecule has 3 aromatic rings. The minimum absolute atomic E-state index is 0.0917. The number of aromatic nitrogens is 4. The van der Waals surface area contributed by atoms with Crippen LogP contribution in [0, 0.1) is 13.8 Å². The number of aryl methyl sites for hydroxylation is 2. The molecule has 0 aliphatic carbocycles. The topological polar surface area (TPSA) is 95.7 Å². The molecule has 1 amide bonds. The number of aromatic hydroxyl groups is 1. The second-order valence-corrected chi connectivity index (χ2v) is 7.42. The zero-order chi connectivity index (χ0) is 19.8. The average molecular weight is 380 g/mol. The standard InChI is InChI=1S/C20H24N6O2/c1-12-9-13(2)18(17(28)10-12)16-6-8-26-20(22-16)23-19(24-26)21-15-5-4-7-25(11-15)14(3)27/h6,8-10,15,28H,4-5,7,11H2,1-3H3,(H,21,24)/t15-/m1/s1. The number of hydrogen-bond acceptors (Lipinski definition) is 6. The molecule has 1 aliphatic rings. The minimum atomic E-state index is 0.0917. The molecule has 0 bridgehead atoms. The molecule has 0 spiro atoms. The molecule has 28 heavy (non-hydrogen) atoms. The molecule has 8 heteroatoms. The number of rotatable bonds is 3. The Balaban J connectivity index is 1.60. The van der Waals surface area contributed by atoms with Gasteiger partial charge in [0.15, 0.2) is 0 Å². The Bertz CT molecular complexity index is 1020. The number of benzene rings is 1. The third kappa shape index (κ3) is 3.49. The quantitative estimate of drug-likeness (QED) is 0.725. The minimum Gasteiger partial charge on any atom is -0.507 e. The first-order valence-corrected chi connectivity index (χ1v) is 9.47. The number of likely N-dealkylation sites (tertiary alicyclic amines) is 1. The van der Waals surface area contributed by atoms with Gasteiger partial charge < -0.3 is 15.3 Å². The summed E-state index contributed by atoms with van der Waals surface area (Å²) in [5.74, 6) is 1.25. The Morgan fingerprint density at radius 1 is 1.29 bits per heavy atom. The predicted molar refractivity (Wildman–Crippen MR) is 106 cm³/mol. The van der Waals surface area contributed by atoms with Crippen LogP contribution >= 0.6 is 0 Å². The molecule has 2 aromatic heterocycles. The molecule has 2 N–H and O–H groups in total. The second-order valence-electron chi connectivity index (χ2n) is 7.42. The first kappa shape index (κ1) is 18.2. The number of fused-ring (bicyclic) bond motifs is 1. The van der Waals surface area contributed by atoms with Crippen molar-refractivity contribution in [2.45, 2.75) is 39.7 Å².